The van der Waals surface area contributed by atoms with E-state index in [-0.39, 0.29) is 5.82 Å². The molecule has 0 spiro atoms. The van der Waals surface area contributed by atoms with Crippen LogP contribution in [-0.4, -0.2) is 4.98 Å². The van der Waals surface area contributed by atoms with E-state index >= 15 is 0 Å². The summed E-state index contributed by atoms with van der Waals surface area (Å²) in [6, 6.07) is 11.3. The molecule has 0 atom stereocenters. The number of hydrogen-bond acceptors (Lipinski definition) is 1. The quantitative estimate of drug-likeness (QED) is 0.688. The number of hydrogen-bond donors (Lipinski definition) is 0. The first-order valence-corrected chi connectivity index (χ1v) is 4.78. The first kappa shape index (κ1) is 9.84. The monoisotopic (exact) mass is 200 g/mol. The van der Waals surface area contributed by atoms with Crippen LogP contribution in [0, 0.1) is 25.7 Å². The normalized spacial score (nSPS) is 10.3. The minimum absolute atomic E-state index is 0.240. The number of aryl methyl sites for hydroxylation is 2. The highest BCUT2D eigenvalue weighted by Gasteiger charge is 2.01. The van der Waals surface area contributed by atoms with E-state index in [1.165, 1.54) is 12.1 Å². The molecule has 0 unspecified atom stereocenters. The van der Waals surface area contributed by atoms with E-state index < -0.39 is 0 Å². The van der Waals surface area contributed by atoms with Crippen molar-refractivity contribution in [1.29, 1.82) is 0 Å². The number of nitrogens with zero attached hydrogens (tertiary/aromatic N) is 1. The third kappa shape index (κ3) is 2.21. The van der Waals surface area contributed by atoms with Crippen molar-refractivity contribution in [3.8, 4) is 11.1 Å². The lowest BCUT2D eigenvalue weighted by Gasteiger charge is -2.04. The molecule has 0 fully saturated rings. The maximum atomic E-state index is 13.0. The molecule has 15 heavy (non-hydrogen) atoms. The van der Waals surface area contributed by atoms with Gasteiger partial charge in [0.2, 0.25) is 0 Å². The van der Waals surface area contributed by atoms with Crippen molar-refractivity contribution in [2.45, 2.75) is 13.8 Å². The molecule has 0 N–H and O–H groups in total. The molecule has 0 aliphatic heterocycles. The third-order valence-corrected chi connectivity index (χ3v) is 2.16. The van der Waals surface area contributed by atoms with Crippen molar-refractivity contribution < 1.29 is 4.39 Å². The van der Waals surface area contributed by atoms with Gasteiger partial charge in [-0.3, -0.25) is 4.98 Å². The summed E-state index contributed by atoms with van der Waals surface area (Å²) in [5.74, 6) is -0.240. The molecule has 2 aromatic rings. The van der Waals surface area contributed by atoms with Crippen molar-refractivity contribution in [2.75, 3.05) is 0 Å². The Kier molecular flexibility index (Phi) is 2.50. The maximum Gasteiger partial charge on any atom is 0.123 e. The van der Waals surface area contributed by atoms with E-state index in [1.807, 2.05) is 26.0 Å². The average Bonchev–Trinajstić information content (AvgIpc) is 2.16. The van der Waals surface area contributed by atoms with Gasteiger partial charge in [0.25, 0.3) is 0 Å². The van der Waals surface area contributed by atoms with E-state index in [1.54, 1.807) is 6.07 Å². The maximum absolute atomic E-state index is 13.0. The van der Waals surface area contributed by atoms with Gasteiger partial charge < -0.3 is 0 Å². The number of aromatic nitrogens is 1. The Morgan fingerprint density at radius 1 is 1.13 bits per heavy atom. The SMILES string of the molecule is Cc1cc(-c2[c]ccc(F)c2)cc(C)n1. The molecule has 1 heterocycles. The highest BCUT2D eigenvalue weighted by atomic mass is 19.1. The summed E-state index contributed by atoms with van der Waals surface area (Å²) >= 11 is 0. The van der Waals surface area contributed by atoms with Crippen LogP contribution < -0.4 is 0 Å². The van der Waals surface area contributed by atoms with E-state index in [2.05, 4.69) is 11.1 Å². The summed E-state index contributed by atoms with van der Waals surface area (Å²) in [6.45, 7) is 3.85. The molecular weight excluding hydrogens is 189 g/mol. The number of halogens is 1. The highest BCUT2D eigenvalue weighted by Crippen LogP contribution is 2.20. The molecule has 0 aliphatic rings. The standard InChI is InChI=1S/C13H11FN/c1-9-6-12(7-10(2)15-9)11-4-3-5-13(14)8-11/h3,5-8H,1-2H3. The molecular formula is C13H11FN. The van der Waals surface area contributed by atoms with Crippen LogP contribution in [0.4, 0.5) is 4.39 Å². The zero-order chi connectivity index (χ0) is 10.8. The van der Waals surface area contributed by atoms with Gasteiger partial charge in [0.05, 0.1) is 0 Å². The summed E-state index contributed by atoms with van der Waals surface area (Å²) in [7, 11) is 0. The second kappa shape index (κ2) is 3.81. The van der Waals surface area contributed by atoms with E-state index in [0.717, 1.165) is 22.5 Å². The van der Waals surface area contributed by atoms with E-state index in [9.17, 15) is 4.39 Å². The van der Waals surface area contributed by atoms with Crippen LogP contribution in [0.1, 0.15) is 11.4 Å². The van der Waals surface area contributed by atoms with Crippen molar-refractivity contribution >= 4 is 0 Å². The van der Waals surface area contributed by atoms with Gasteiger partial charge in [0.1, 0.15) is 5.82 Å². The van der Waals surface area contributed by atoms with Gasteiger partial charge in [0, 0.05) is 11.4 Å². The Hall–Kier alpha value is -1.70. The first-order valence-electron chi connectivity index (χ1n) is 4.78. The number of rotatable bonds is 1. The van der Waals surface area contributed by atoms with Crippen LogP contribution in [0.3, 0.4) is 0 Å². The fourth-order valence-corrected chi connectivity index (χ4v) is 1.60. The van der Waals surface area contributed by atoms with Crippen LogP contribution in [0.25, 0.3) is 11.1 Å². The van der Waals surface area contributed by atoms with Crippen molar-refractivity contribution in [2.24, 2.45) is 0 Å². The predicted octanol–water partition coefficient (Wildman–Crippen LogP) is 3.30. The lowest BCUT2D eigenvalue weighted by Crippen LogP contribution is -1.88. The minimum atomic E-state index is -0.240. The lowest BCUT2D eigenvalue weighted by atomic mass is 10.1. The molecule has 1 radical (unpaired) electrons. The van der Waals surface area contributed by atoms with Gasteiger partial charge in [0.15, 0.2) is 0 Å². The Bertz CT molecular complexity index is 471. The van der Waals surface area contributed by atoms with E-state index in [4.69, 9.17) is 0 Å². The fourth-order valence-electron chi connectivity index (χ4n) is 1.60. The molecule has 75 valence electrons. The summed E-state index contributed by atoms with van der Waals surface area (Å²) in [5, 5.41) is 0. The Labute approximate surface area is 88.6 Å². The summed E-state index contributed by atoms with van der Waals surface area (Å²) < 4.78 is 13.0. The largest absolute Gasteiger partial charge is 0.258 e. The van der Waals surface area contributed by atoms with E-state index in [0.29, 0.717) is 0 Å². The highest BCUT2D eigenvalue weighted by molar-refractivity contribution is 5.63. The summed E-state index contributed by atoms with van der Waals surface area (Å²) in [4.78, 5) is 4.27. The fraction of sp³-hybridized carbons (Fsp3) is 0.154. The van der Waals surface area contributed by atoms with Crippen LogP contribution >= 0.6 is 0 Å². The molecule has 1 aromatic carbocycles. The molecule has 1 nitrogen and oxygen atoms in total. The smallest absolute Gasteiger partial charge is 0.123 e. The molecule has 2 rings (SSSR count). The van der Waals surface area contributed by atoms with Gasteiger partial charge in [-0.2, -0.15) is 0 Å². The van der Waals surface area contributed by atoms with Gasteiger partial charge in [-0.25, -0.2) is 4.39 Å². The van der Waals surface area contributed by atoms with Gasteiger partial charge in [-0.15, -0.1) is 0 Å². The number of benzene rings is 1. The summed E-state index contributed by atoms with van der Waals surface area (Å²) in [6.07, 6.45) is 0. The van der Waals surface area contributed by atoms with Gasteiger partial charge >= 0.3 is 0 Å². The molecule has 0 amide bonds. The van der Waals surface area contributed by atoms with Crippen molar-refractivity contribution in [1.82, 2.24) is 4.98 Å². The zero-order valence-corrected chi connectivity index (χ0v) is 8.71. The van der Waals surface area contributed by atoms with Crippen molar-refractivity contribution in [3.05, 3.63) is 53.6 Å². The Balaban J connectivity index is 2.54. The van der Waals surface area contributed by atoms with Crippen LogP contribution in [0.15, 0.2) is 30.3 Å². The molecule has 0 saturated heterocycles. The van der Waals surface area contributed by atoms with Crippen LogP contribution in [0.2, 0.25) is 0 Å². The Morgan fingerprint density at radius 3 is 2.40 bits per heavy atom. The van der Waals surface area contributed by atoms with Gasteiger partial charge in [-0.1, -0.05) is 6.07 Å². The summed E-state index contributed by atoms with van der Waals surface area (Å²) in [5.41, 5.74) is 3.59. The average molecular weight is 200 g/mol. The molecule has 1 aromatic heterocycles. The molecule has 2 heteroatoms. The number of pyridine rings is 1. The van der Waals surface area contributed by atoms with Crippen molar-refractivity contribution in [3.63, 3.8) is 0 Å². The van der Waals surface area contributed by atoms with Gasteiger partial charge in [-0.05, 0) is 55.3 Å². The minimum Gasteiger partial charge on any atom is -0.258 e. The Morgan fingerprint density at radius 2 is 1.80 bits per heavy atom. The second-order valence-electron chi connectivity index (χ2n) is 3.56. The predicted molar refractivity (Wildman–Crippen MR) is 57.9 cm³/mol. The molecule has 0 saturated carbocycles. The molecule has 0 aliphatic carbocycles. The zero-order valence-electron chi connectivity index (χ0n) is 8.71. The van der Waals surface area contributed by atoms with Crippen LogP contribution in [-0.2, 0) is 0 Å². The molecule has 0 bridgehead atoms. The third-order valence-electron chi connectivity index (χ3n) is 2.16. The topological polar surface area (TPSA) is 12.9 Å². The second-order valence-corrected chi connectivity index (χ2v) is 3.56. The first-order chi connectivity index (χ1) is 7.15. The lowest BCUT2D eigenvalue weighted by molar-refractivity contribution is 0.628. The van der Waals surface area contributed by atoms with Crippen LogP contribution in [0.5, 0.6) is 0 Å².